The highest BCUT2D eigenvalue weighted by molar-refractivity contribution is 7.98. The van der Waals surface area contributed by atoms with Gasteiger partial charge >= 0.3 is 5.97 Å². The van der Waals surface area contributed by atoms with Crippen molar-refractivity contribution in [1.29, 1.82) is 0 Å². The number of carbonyl (C=O) groups is 1. The number of primary sulfonamides is 1. The lowest BCUT2D eigenvalue weighted by Crippen LogP contribution is -2.21. The number of benzene rings is 2. The molecule has 0 unspecified atom stereocenters. The second kappa shape index (κ2) is 12.5. The number of hydrogen-bond acceptors (Lipinski definition) is 5. The van der Waals surface area contributed by atoms with Crippen LogP contribution in [0.25, 0.3) is 0 Å². The second-order valence-electron chi connectivity index (χ2n) is 7.97. The van der Waals surface area contributed by atoms with Gasteiger partial charge in [-0.1, -0.05) is 51.7 Å². The number of aromatic carboxylic acids is 1. The summed E-state index contributed by atoms with van der Waals surface area (Å²) in [6.45, 7) is 4.25. The van der Waals surface area contributed by atoms with Gasteiger partial charge in [-0.2, -0.15) is 0 Å². The minimum absolute atomic E-state index is 0.00356. The molecule has 0 saturated heterocycles. The summed E-state index contributed by atoms with van der Waals surface area (Å²) < 4.78 is 68.7. The Balaban J connectivity index is 2.35. The molecule has 2 rings (SSSR count). The van der Waals surface area contributed by atoms with E-state index in [1.165, 1.54) is 24.3 Å². The van der Waals surface area contributed by atoms with Gasteiger partial charge in [0.15, 0.2) is 17.5 Å². The molecule has 0 saturated carbocycles. The third-order valence-corrected chi connectivity index (χ3v) is 7.43. The standard InChI is InChI=1S/C23H29F3N2O4S2/c1-3-5-14(6-4-2)11-12-28-20-19(26)21(17(24)18(25)22(20)34(27,31)32)33-13-15-7-9-16(10-8-15)23(29)30/h7-10,14,28H,3-6,11-13H2,1-2H3,(H,29,30)(H2,27,31,32). The Bertz CT molecular complexity index is 1100. The zero-order chi connectivity index (χ0) is 25.5. The fourth-order valence-corrected chi connectivity index (χ4v) is 5.45. The molecule has 188 valence electrons. The number of hydrogen-bond donors (Lipinski definition) is 3. The second-order valence-corrected chi connectivity index (χ2v) is 10.5. The Morgan fingerprint density at radius 2 is 1.62 bits per heavy atom. The summed E-state index contributed by atoms with van der Waals surface area (Å²) in [7, 11) is -4.76. The van der Waals surface area contributed by atoms with Gasteiger partial charge < -0.3 is 10.4 Å². The predicted octanol–water partition coefficient (Wildman–Crippen LogP) is 5.76. The van der Waals surface area contributed by atoms with Crippen LogP contribution in [0.5, 0.6) is 0 Å². The third-order valence-electron chi connectivity index (χ3n) is 5.35. The van der Waals surface area contributed by atoms with Crippen LogP contribution in [-0.4, -0.2) is 26.0 Å². The van der Waals surface area contributed by atoms with Crippen molar-refractivity contribution in [2.75, 3.05) is 11.9 Å². The quantitative estimate of drug-likeness (QED) is 0.230. The molecule has 0 spiro atoms. The number of rotatable bonds is 13. The Labute approximate surface area is 202 Å². The van der Waals surface area contributed by atoms with Gasteiger partial charge in [0.05, 0.1) is 16.1 Å². The first-order chi connectivity index (χ1) is 16.0. The van der Waals surface area contributed by atoms with Crippen molar-refractivity contribution in [3.05, 3.63) is 52.8 Å². The highest BCUT2D eigenvalue weighted by atomic mass is 32.2. The average Bonchev–Trinajstić information content (AvgIpc) is 2.76. The van der Waals surface area contributed by atoms with E-state index in [9.17, 15) is 22.0 Å². The van der Waals surface area contributed by atoms with Crippen LogP contribution in [0.4, 0.5) is 18.9 Å². The van der Waals surface area contributed by atoms with Gasteiger partial charge in [0.2, 0.25) is 10.0 Å². The number of sulfonamides is 1. The van der Waals surface area contributed by atoms with Gasteiger partial charge in [0.1, 0.15) is 4.90 Å². The van der Waals surface area contributed by atoms with E-state index >= 15 is 4.39 Å². The molecular weight excluding hydrogens is 489 g/mol. The third kappa shape index (κ3) is 7.13. The number of nitrogens with two attached hydrogens (primary N) is 1. The highest BCUT2D eigenvalue weighted by Gasteiger charge is 2.31. The smallest absolute Gasteiger partial charge is 0.335 e. The summed E-state index contributed by atoms with van der Waals surface area (Å²) >= 11 is 0.632. The van der Waals surface area contributed by atoms with Gasteiger partial charge in [0, 0.05) is 12.3 Å². The van der Waals surface area contributed by atoms with Gasteiger partial charge in [-0.15, -0.1) is 11.8 Å². The van der Waals surface area contributed by atoms with Crippen molar-refractivity contribution in [2.45, 2.75) is 61.5 Å². The van der Waals surface area contributed by atoms with Crippen LogP contribution < -0.4 is 10.5 Å². The maximum absolute atomic E-state index is 15.3. The molecule has 2 aromatic rings. The zero-order valence-electron chi connectivity index (χ0n) is 19.0. The van der Waals surface area contributed by atoms with Gasteiger partial charge in [-0.05, 0) is 30.0 Å². The van der Waals surface area contributed by atoms with E-state index in [0.717, 1.165) is 25.7 Å². The maximum Gasteiger partial charge on any atom is 0.335 e. The topological polar surface area (TPSA) is 109 Å². The summed E-state index contributed by atoms with van der Waals surface area (Å²) in [6, 6.07) is 5.63. The highest BCUT2D eigenvalue weighted by Crippen LogP contribution is 2.38. The Kier molecular flexibility index (Phi) is 10.3. The van der Waals surface area contributed by atoms with E-state index in [4.69, 9.17) is 10.2 Å². The molecule has 0 amide bonds. The summed E-state index contributed by atoms with van der Waals surface area (Å²) in [4.78, 5) is 9.04. The Hall–Kier alpha value is -2.24. The number of carboxylic acids is 1. The number of halogens is 3. The molecule has 0 bridgehead atoms. The van der Waals surface area contributed by atoms with Crippen LogP contribution >= 0.6 is 11.8 Å². The van der Waals surface area contributed by atoms with Crippen molar-refractivity contribution in [2.24, 2.45) is 11.1 Å². The number of carboxylic acid groups (broad SMARTS) is 1. The monoisotopic (exact) mass is 518 g/mol. The minimum atomic E-state index is -4.76. The molecule has 0 aromatic heterocycles. The fraction of sp³-hybridized carbons (Fsp3) is 0.435. The summed E-state index contributed by atoms with van der Waals surface area (Å²) in [5.74, 6) is -5.42. The van der Waals surface area contributed by atoms with Gasteiger partial charge in [-0.25, -0.2) is 31.5 Å². The molecule has 11 heteroatoms. The maximum atomic E-state index is 15.3. The molecule has 0 radical (unpaired) electrons. The van der Waals surface area contributed by atoms with E-state index < -0.39 is 48.9 Å². The minimum Gasteiger partial charge on any atom is -0.478 e. The summed E-state index contributed by atoms with van der Waals surface area (Å²) in [6.07, 6.45) is 4.41. The molecule has 0 fully saturated rings. The van der Waals surface area contributed by atoms with Gasteiger partial charge in [0.25, 0.3) is 0 Å². The first kappa shape index (κ1) is 28.0. The van der Waals surface area contributed by atoms with Crippen LogP contribution in [0.3, 0.4) is 0 Å². The number of nitrogens with one attached hydrogen (secondary N) is 1. The lowest BCUT2D eigenvalue weighted by atomic mass is 9.95. The SMILES string of the molecule is CCCC(CCC)CCNc1c(F)c(SCc2ccc(C(=O)O)cc2)c(F)c(F)c1S(N)(=O)=O. The van der Waals surface area contributed by atoms with E-state index in [-0.39, 0.29) is 17.9 Å². The van der Waals surface area contributed by atoms with E-state index in [2.05, 4.69) is 5.32 Å². The lowest BCUT2D eigenvalue weighted by molar-refractivity contribution is 0.0697. The lowest BCUT2D eigenvalue weighted by Gasteiger charge is -2.19. The molecule has 4 N–H and O–H groups in total. The van der Waals surface area contributed by atoms with Crippen LogP contribution in [-0.2, 0) is 15.8 Å². The largest absolute Gasteiger partial charge is 0.478 e. The van der Waals surface area contributed by atoms with E-state index in [1.807, 2.05) is 13.8 Å². The molecule has 0 aliphatic heterocycles. The normalized spacial score (nSPS) is 11.7. The van der Waals surface area contributed by atoms with E-state index in [1.54, 1.807) is 0 Å². The van der Waals surface area contributed by atoms with Crippen molar-refractivity contribution in [3.8, 4) is 0 Å². The van der Waals surface area contributed by atoms with Crippen molar-refractivity contribution in [1.82, 2.24) is 0 Å². The van der Waals surface area contributed by atoms with Crippen LogP contribution in [0.1, 0.15) is 61.9 Å². The molecule has 6 nitrogen and oxygen atoms in total. The predicted molar refractivity (Wildman–Crippen MR) is 127 cm³/mol. The number of thioether (sulfide) groups is 1. The average molecular weight is 519 g/mol. The zero-order valence-corrected chi connectivity index (χ0v) is 20.7. The van der Waals surface area contributed by atoms with Crippen molar-refractivity contribution in [3.63, 3.8) is 0 Å². The Morgan fingerprint density at radius 1 is 1.03 bits per heavy atom. The van der Waals surface area contributed by atoms with Crippen LogP contribution in [0.2, 0.25) is 0 Å². The number of anilines is 1. The van der Waals surface area contributed by atoms with Crippen LogP contribution in [0.15, 0.2) is 34.1 Å². The summed E-state index contributed by atoms with van der Waals surface area (Å²) in [5, 5.41) is 16.7. The molecule has 0 atom stereocenters. The van der Waals surface area contributed by atoms with Gasteiger partial charge in [-0.3, -0.25) is 0 Å². The fourth-order valence-electron chi connectivity index (χ4n) is 3.72. The molecule has 34 heavy (non-hydrogen) atoms. The Morgan fingerprint density at radius 3 is 2.12 bits per heavy atom. The molecule has 0 aliphatic rings. The van der Waals surface area contributed by atoms with Crippen molar-refractivity contribution < 1.29 is 31.5 Å². The molecule has 0 heterocycles. The first-order valence-electron chi connectivity index (χ1n) is 10.9. The molecular formula is C23H29F3N2O4S2. The first-order valence-corrected chi connectivity index (χ1v) is 13.5. The van der Waals surface area contributed by atoms with E-state index in [0.29, 0.717) is 29.7 Å². The molecule has 0 aliphatic carbocycles. The van der Waals surface area contributed by atoms with Crippen molar-refractivity contribution >= 4 is 33.4 Å². The van der Waals surface area contributed by atoms with Crippen LogP contribution in [0, 0.1) is 23.4 Å². The summed E-state index contributed by atoms with van der Waals surface area (Å²) in [5.41, 5.74) is -0.0938. The molecule has 2 aromatic carbocycles.